The van der Waals surface area contributed by atoms with E-state index in [9.17, 15) is 0 Å². The zero-order valence-corrected chi connectivity index (χ0v) is 9.80. The van der Waals surface area contributed by atoms with Crippen molar-refractivity contribution in [2.24, 2.45) is 11.7 Å². The van der Waals surface area contributed by atoms with Crippen molar-refractivity contribution in [3.63, 3.8) is 0 Å². The molecule has 0 spiro atoms. The third kappa shape index (κ3) is 2.52. The summed E-state index contributed by atoms with van der Waals surface area (Å²) in [4.78, 5) is 0. The van der Waals surface area contributed by atoms with E-state index in [1.807, 2.05) is 0 Å². The van der Waals surface area contributed by atoms with E-state index in [2.05, 4.69) is 5.32 Å². The summed E-state index contributed by atoms with van der Waals surface area (Å²) in [6.07, 6.45) is 8.02. The number of nitrogens with two attached hydrogens (primary N) is 1. The Morgan fingerprint density at radius 3 is 2.40 bits per heavy atom. The van der Waals surface area contributed by atoms with Gasteiger partial charge in [0.05, 0.1) is 12.1 Å². The van der Waals surface area contributed by atoms with Crippen LogP contribution in [0.1, 0.15) is 38.5 Å². The molecule has 0 saturated heterocycles. The second kappa shape index (κ2) is 4.81. The summed E-state index contributed by atoms with van der Waals surface area (Å²) in [5.74, 6) is 0.753. The standard InChI is InChI=1S/C12H24N2O/c1-15-9-12(8-13,10-6-7-10)14-11-4-2-3-5-11/h10-11,14H,2-9,13H2,1H3. The Balaban J connectivity index is 1.95. The number of hydrogen-bond acceptors (Lipinski definition) is 3. The van der Waals surface area contributed by atoms with Gasteiger partial charge in [-0.05, 0) is 31.6 Å². The van der Waals surface area contributed by atoms with E-state index in [1.165, 1.54) is 38.5 Å². The first-order chi connectivity index (χ1) is 7.30. The van der Waals surface area contributed by atoms with E-state index in [0.717, 1.165) is 12.5 Å². The second-order valence-electron chi connectivity index (χ2n) is 5.19. The molecule has 3 heteroatoms. The molecule has 2 saturated carbocycles. The van der Waals surface area contributed by atoms with Crippen LogP contribution in [0.3, 0.4) is 0 Å². The van der Waals surface area contributed by atoms with E-state index in [1.54, 1.807) is 7.11 Å². The zero-order valence-electron chi connectivity index (χ0n) is 9.80. The number of hydrogen-bond donors (Lipinski definition) is 2. The fourth-order valence-corrected chi connectivity index (χ4v) is 2.93. The SMILES string of the molecule is COCC(CN)(NC1CCCC1)C1CC1. The van der Waals surface area contributed by atoms with Gasteiger partial charge in [0.25, 0.3) is 0 Å². The van der Waals surface area contributed by atoms with Gasteiger partial charge in [-0.2, -0.15) is 0 Å². The second-order valence-corrected chi connectivity index (χ2v) is 5.19. The van der Waals surface area contributed by atoms with Crippen LogP contribution >= 0.6 is 0 Å². The Hall–Kier alpha value is -0.120. The maximum Gasteiger partial charge on any atom is 0.0659 e. The lowest BCUT2D eigenvalue weighted by atomic mass is 9.92. The minimum Gasteiger partial charge on any atom is -0.383 e. The first-order valence-electron chi connectivity index (χ1n) is 6.27. The summed E-state index contributed by atoms with van der Waals surface area (Å²) in [6, 6.07) is 0.685. The molecule has 2 fully saturated rings. The minimum atomic E-state index is 0.0732. The highest BCUT2D eigenvalue weighted by atomic mass is 16.5. The molecule has 0 bridgehead atoms. The predicted molar refractivity (Wildman–Crippen MR) is 61.8 cm³/mol. The van der Waals surface area contributed by atoms with Crippen LogP contribution in [-0.2, 0) is 4.74 Å². The molecule has 0 radical (unpaired) electrons. The van der Waals surface area contributed by atoms with Crippen molar-refractivity contribution in [3.05, 3.63) is 0 Å². The lowest BCUT2D eigenvalue weighted by molar-refractivity contribution is 0.0901. The van der Waals surface area contributed by atoms with Crippen molar-refractivity contribution < 1.29 is 4.74 Å². The van der Waals surface area contributed by atoms with Gasteiger partial charge in [-0.1, -0.05) is 12.8 Å². The van der Waals surface area contributed by atoms with Gasteiger partial charge in [-0.25, -0.2) is 0 Å². The van der Waals surface area contributed by atoms with E-state index >= 15 is 0 Å². The molecular formula is C12H24N2O. The van der Waals surface area contributed by atoms with Crippen molar-refractivity contribution in [1.29, 1.82) is 0 Å². The molecule has 1 atom stereocenters. The summed E-state index contributed by atoms with van der Waals surface area (Å²) < 4.78 is 5.37. The van der Waals surface area contributed by atoms with Crippen LogP contribution in [0.25, 0.3) is 0 Å². The van der Waals surface area contributed by atoms with Crippen molar-refractivity contribution >= 4 is 0 Å². The van der Waals surface area contributed by atoms with Gasteiger partial charge in [-0.15, -0.1) is 0 Å². The third-order valence-corrected chi connectivity index (χ3v) is 3.97. The highest BCUT2D eigenvalue weighted by Crippen LogP contribution is 2.40. The van der Waals surface area contributed by atoms with Gasteiger partial charge < -0.3 is 15.8 Å². The molecule has 3 N–H and O–H groups in total. The molecule has 88 valence electrons. The molecule has 0 aromatic rings. The average Bonchev–Trinajstić information content (AvgIpc) is 2.98. The Labute approximate surface area is 92.7 Å². The number of rotatable bonds is 6. The molecule has 2 aliphatic carbocycles. The maximum atomic E-state index is 5.97. The largest absolute Gasteiger partial charge is 0.383 e. The molecule has 0 aromatic heterocycles. The normalized spacial score (nSPS) is 26.8. The first kappa shape index (κ1) is 11.4. The lowest BCUT2D eigenvalue weighted by Crippen LogP contribution is -2.59. The summed E-state index contributed by atoms with van der Waals surface area (Å²) in [6.45, 7) is 1.48. The molecular weight excluding hydrogens is 188 g/mol. The smallest absolute Gasteiger partial charge is 0.0659 e. The highest BCUT2D eigenvalue weighted by Gasteiger charge is 2.45. The topological polar surface area (TPSA) is 47.3 Å². The molecule has 0 amide bonds. The number of ether oxygens (including phenoxy) is 1. The third-order valence-electron chi connectivity index (χ3n) is 3.97. The van der Waals surface area contributed by atoms with Crippen molar-refractivity contribution in [2.45, 2.75) is 50.1 Å². The maximum absolute atomic E-state index is 5.97. The van der Waals surface area contributed by atoms with E-state index in [4.69, 9.17) is 10.5 Å². The molecule has 2 rings (SSSR count). The molecule has 3 nitrogen and oxygen atoms in total. The van der Waals surface area contributed by atoms with Crippen LogP contribution in [0.5, 0.6) is 0 Å². The van der Waals surface area contributed by atoms with Crippen LogP contribution in [0.15, 0.2) is 0 Å². The molecule has 0 aromatic carbocycles. The van der Waals surface area contributed by atoms with Crippen LogP contribution in [0, 0.1) is 5.92 Å². The molecule has 0 aliphatic heterocycles. The Bertz CT molecular complexity index is 200. The van der Waals surface area contributed by atoms with Crippen LogP contribution in [0.2, 0.25) is 0 Å². The van der Waals surface area contributed by atoms with Crippen molar-refractivity contribution in [1.82, 2.24) is 5.32 Å². The summed E-state index contributed by atoms with van der Waals surface area (Å²) in [5, 5.41) is 3.79. The number of methoxy groups -OCH3 is 1. The van der Waals surface area contributed by atoms with Crippen molar-refractivity contribution in [3.8, 4) is 0 Å². The van der Waals surface area contributed by atoms with Gasteiger partial charge in [0, 0.05) is 19.7 Å². The molecule has 0 heterocycles. The fourth-order valence-electron chi connectivity index (χ4n) is 2.93. The van der Waals surface area contributed by atoms with Gasteiger partial charge in [0.1, 0.15) is 0 Å². The molecule has 15 heavy (non-hydrogen) atoms. The lowest BCUT2D eigenvalue weighted by Gasteiger charge is -2.36. The minimum absolute atomic E-state index is 0.0732. The quantitative estimate of drug-likeness (QED) is 0.697. The van der Waals surface area contributed by atoms with Gasteiger partial charge >= 0.3 is 0 Å². The molecule has 2 aliphatic rings. The number of nitrogens with one attached hydrogen (secondary N) is 1. The predicted octanol–water partition coefficient (Wildman–Crippen LogP) is 1.27. The Kier molecular flexibility index (Phi) is 3.65. The van der Waals surface area contributed by atoms with Crippen LogP contribution in [0.4, 0.5) is 0 Å². The summed E-state index contributed by atoms with van der Waals surface area (Å²) in [7, 11) is 1.78. The van der Waals surface area contributed by atoms with Gasteiger partial charge in [-0.3, -0.25) is 0 Å². The van der Waals surface area contributed by atoms with Crippen LogP contribution in [-0.4, -0.2) is 31.8 Å². The van der Waals surface area contributed by atoms with Crippen molar-refractivity contribution in [2.75, 3.05) is 20.3 Å². The van der Waals surface area contributed by atoms with E-state index < -0.39 is 0 Å². The van der Waals surface area contributed by atoms with E-state index in [-0.39, 0.29) is 5.54 Å². The molecule has 1 unspecified atom stereocenters. The summed E-state index contributed by atoms with van der Waals surface area (Å²) in [5.41, 5.74) is 6.04. The zero-order chi connectivity index (χ0) is 10.7. The first-order valence-corrected chi connectivity index (χ1v) is 6.27. The van der Waals surface area contributed by atoms with Crippen LogP contribution < -0.4 is 11.1 Å². The van der Waals surface area contributed by atoms with E-state index in [0.29, 0.717) is 12.6 Å². The average molecular weight is 212 g/mol. The van der Waals surface area contributed by atoms with Gasteiger partial charge in [0.2, 0.25) is 0 Å². The monoisotopic (exact) mass is 212 g/mol. The Morgan fingerprint density at radius 2 is 1.93 bits per heavy atom. The summed E-state index contributed by atoms with van der Waals surface area (Å²) >= 11 is 0. The Morgan fingerprint density at radius 1 is 1.27 bits per heavy atom. The fraction of sp³-hybridized carbons (Fsp3) is 1.00. The van der Waals surface area contributed by atoms with Gasteiger partial charge in [0.15, 0.2) is 0 Å². The highest BCUT2D eigenvalue weighted by molar-refractivity contribution is 5.03.